The summed E-state index contributed by atoms with van der Waals surface area (Å²) in [5.74, 6) is 2.04. The summed E-state index contributed by atoms with van der Waals surface area (Å²) in [4.78, 5) is 20.0. The fourth-order valence-electron chi connectivity index (χ4n) is 3.47. The molecule has 2 N–H and O–H groups in total. The molecule has 0 aliphatic carbocycles. The van der Waals surface area contributed by atoms with Crippen LogP contribution in [-0.2, 0) is 5.75 Å². The van der Waals surface area contributed by atoms with Crippen molar-refractivity contribution < 1.29 is 9.32 Å². The number of rotatable bonds is 5. The van der Waals surface area contributed by atoms with Gasteiger partial charge in [-0.15, -0.1) is 24.2 Å². The number of aromatic nitrogens is 2. The first-order valence-electron chi connectivity index (χ1n) is 9.22. The van der Waals surface area contributed by atoms with Crippen molar-refractivity contribution >= 4 is 30.1 Å². The lowest BCUT2D eigenvalue weighted by molar-refractivity contribution is 0.0789. The van der Waals surface area contributed by atoms with E-state index in [1.807, 2.05) is 47.4 Å². The number of likely N-dealkylation sites (tertiary alicyclic amines) is 1. The van der Waals surface area contributed by atoms with Crippen molar-refractivity contribution in [3.05, 3.63) is 77.4 Å². The van der Waals surface area contributed by atoms with Gasteiger partial charge < -0.3 is 15.2 Å². The van der Waals surface area contributed by atoms with Gasteiger partial charge in [-0.1, -0.05) is 35.5 Å². The minimum absolute atomic E-state index is 0. The van der Waals surface area contributed by atoms with Crippen LogP contribution in [0.5, 0.6) is 0 Å². The lowest BCUT2D eigenvalue weighted by atomic mass is 9.95. The molecular formula is C21H23ClN4O2S. The summed E-state index contributed by atoms with van der Waals surface area (Å²) >= 11 is 1.60. The minimum atomic E-state index is -0.0426. The van der Waals surface area contributed by atoms with Crippen molar-refractivity contribution in [3.63, 3.8) is 0 Å². The number of carbonyl (C=O) groups excluding carboxylic acids is 1. The number of aryl methyl sites for hydroxylation is 1. The average Bonchev–Trinajstić information content (AvgIpc) is 3.32. The van der Waals surface area contributed by atoms with Gasteiger partial charge in [0.25, 0.3) is 5.91 Å². The molecule has 1 aliphatic heterocycles. The fourth-order valence-corrected chi connectivity index (χ4v) is 4.20. The summed E-state index contributed by atoms with van der Waals surface area (Å²) in [6.45, 7) is 3.02. The number of thioether (sulfide) groups is 1. The van der Waals surface area contributed by atoms with Crippen LogP contribution in [0.3, 0.4) is 0 Å². The van der Waals surface area contributed by atoms with Gasteiger partial charge in [0.2, 0.25) is 5.89 Å². The molecule has 152 valence electrons. The van der Waals surface area contributed by atoms with E-state index in [4.69, 9.17) is 10.3 Å². The highest BCUT2D eigenvalue weighted by Crippen LogP contribution is 2.28. The topological polar surface area (TPSA) is 85.2 Å². The zero-order chi connectivity index (χ0) is 19.5. The Balaban J connectivity index is 0.00000240. The van der Waals surface area contributed by atoms with E-state index in [0.29, 0.717) is 36.1 Å². The van der Waals surface area contributed by atoms with E-state index in [9.17, 15) is 4.79 Å². The minimum Gasteiger partial charge on any atom is -0.338 e. The summed E-state index contributed by atoms with van der Waals surface area (Å²) in [6, 6.07) is 17.8. The summed E-state index contributed by atoms with van der Waals surface area (Å²) in [6.07, 6.45) is 0. The van der Waals surface area contributed by atoms with Crippen LogP contribution in [0.2, 0.25) is 0 Å². The molecule has 0 unspecified atom stereocenters. The summed E-state index contributed by atoms with van der Waals surface area (Å²) in [7, 11) is 0. The first-order chi connectivity index (χ1) is 13.6. The van der Waals surface area contributed by atoms with Crippen molar-refractivity contribution in [2.24, 2.45) is 5.73 Å². The highest BCUT2D eigenvalue weighted by atomic mass is 35.5. The molecule has 8 heteroatoms. The third kappa shape index (κ3) is 4.98. The highest BCUT2D eigenvalue weighted by molar-refractivity contribution is 7.98. The number of amides is 1. The Labute approximate surface area is 180 Å². The SMILES string of the molecule is Cc1noc(CSc2ccc(C(=O)N3C[C@@H](N)[C@H](c4ccccc4)C3)cc2)n1.Cl. The Hall–Kier alpha value is -2.35. The van der Waals surface area contributed by atoms with Crippen molar-refractivity contribution in [2.45, 2.75) is 29.5 Å². The van der Waals surface area contributed by atoms with Gasteiger partial charge in [0, 0.05) is 35.5 Å². The van der Waals surface area contributed by atoms with Gasteiger partial charge in [-0.3, -0.25) is 4.79 Å². The van der Waals surface area contributed by atoms with Crippen LogP contribution in [0, 0.1) is 6.92 Å². The summed E-state index contributed by atoms with van der Waals surface area (Å²) in [5, 5.41) is 3.78. The normalized spacial score (nSPS) is 18.5. The van der Waals surface area contributed by atoms with Crippen molar-refractivity contribution in [3.8, 4) is 0 Å². The molecule has 0 bridgehead atoms. The zero-order valence-electron chi connectivity index (χ0n) is 16.0. The number of hydrogen-bond donors (Lipinski definition) is 1. The van der Waals surface area contributed by atoms with Crippen LogP contribution in [0.4, 0.5) is 0 Å². The lowest BCUT2D eigenvalue weighted by Crippen LogP contribution is -2.32. The molecule has 0 saturated carbocycles. The predicted octanol–water partition coefficient (Wildman–Crippen LogP) is 3.66. The molecule has 1 amide bonds. The monoisotopic (exact) mass is 430 g/mol. The van der Waals surface area contributed by atoms with Gasteiger partial charge in [-0.2, -0.15) is 4.98 Å². The maximum atomic E-state index is 12.9. The molecule has 2 aromatic carbocycles. The Morgan fingerprint density at radius 1 is 1.17 bits per heavy atom. The first-order valence-corrected chi connectivity index (χ1v) is 10.2. The fraction of sp³-hybridized carbons (Fsp3) is 0.286. The van der Waals surface area contributed by atoms with E-state index in [-0.39, 0.29) is 30.3 Å². The third-order valence-electron chi connectivity index (χ3n) is 4.91. The Kier molecular flexibility index (Phi) is 6.95. The molecular weight excluding hydrogens is 408 g/mol. The number of carbonyl (C=O) groups is 1. The number of nitrogens with zero attached hydrogens (tertiary/aromatic N) is 3. The summed E-state index contributed by atoms with van der Waals surface area (Å²) in [5.41, 5.74) is 8.19. The van der Waals surface area contributed by atoms with E-state index in [2.05, 4.69) is 22.3 Å². The van der Waals surface area contributed by atoms with Crippen LogP contribution < -0.4 is 5.73 Å². The van der Waals surface area contributed by atoms with Gasteiger partial charge >= 0.3 is 0 Å². The van der Waals surface area contributed by atoms with Crippen LogP contribution in [-0.4, -0.2) is 40.1 Å². The van der Waals surface area contributed by atoms with Crippen molar-refractivity contribution in [1.82, 2.24) is 15.0 Å². The van der Waals surface area contributed by atoms with Crippen molar-refractivity contribution in [2.75, 3.05) is 13.1 Å². The largest absolute Gasteiger partial charge is 0.338 e. The van der Waals surface area contributed by atoms with Crippen LogP contribution in [0.25, 0.3) is 0 Å². The van der Waals surface area contributed by atoms with Gasteiger partial charge in [-0.25, -0.2) is 0 Å². The highest BCUT2D eigenvalue weighted by Gasteiger charge is 2.34. The van der Waals surface area contributed by atoms with Crippen LogP contribution >= 0.6 is 24.2 Å². The lowest BCUT2D eigenvalue weighted by Gasteiger charge is -2.16. The van der Waals surface area contributed by atoms with E-state index in [1.165, 1.54) is 5.56 Å². The average molecular weight is 431 g/mol. The maximum Gasteiger partial charge on any atom is 0.253 e. The van der Waals surface area contributed by atoms with E-state index in [1.54, 1.807) is 18.7 Å². The second kappa shape index (κ2) is 9.43. The second-order valence-corrected chi connectivity index (χ2v) is 7.99. The van der Waals surface area contributed by atoms with Gasteiger partial charge in [0.05, 0.1) is 5.75 Å². The molecule has 1 fully saturated rings. The molecule has 6 nitrogen and oxygen atoms in total. The molecule has 2 heterocycles. The summed E-state index contributed by atoms with van der Waals surface area (Å²) < 4.78 is 5.12. The second-order valence-electron chi connectivity index (χ2n) is 6.94. The molecule has 3 aromatic rings. The van der Waals surface area contributed by atoms with Gasteiger partial charge in [-0.05, 0) is 36.8 Å². The Morgan fingerprint density at radius 3 is 2.55 bits per heavy atom. The van der Waals surface area contributed by atoms with E-state index < -0.39 is 0 Å². The number of halogens is 1. The quantitative estimate of drug-likeness (QED) is 0.622. The Morgan fingerprint density at radius 2 is 1.90 bits per heavy atom. The molecule has 4 rings (SSSR count). The van der Waals surface area contributed by atoms with Gasteiger partial charge in [0.1, 0.15) is 0 Å². The number of benzene rings is 2. The number of nitrogens with two attached hydrogens (primary N) is 1. The number of hydrogen-bond acceptors (Lipinski definition) is 6. The molecule has 1 aromatic heterocycles. The van der Waals surface area contributed by atoms with E-state index >= 15 is 0 Å². The van der Waals surface area contributed by atoms with Gasteiger partial charge in [0.15, 0.2) is 5.82 Å². The molecule has 2 atom stereocenters. The van der Waals surface area contributed by atoms with Crippen LogP contribution in [0.15, 0.2) is 64.0 Å². The Bertz CT molecular complexity index is 949. The molecule has 29 heavy (non-hydrogen) atoms. The first kappa shape index (κ1) is 21.4. The maximum absolute atomic E-state index is 12.9. The zero-order valence-corrected chi connectivity index (χ0v) is 17.7. The smallest absolute Gasteiger partial charge is 0.253 e. The third-order valence-corrected chi connectivity index (χ3v) is 5.91. The predicted molar refractivity (Wildman–Crippen MR) is 115 cm³/mol. The van der Waals surface area contributed by atoms with Crippen molar-refractivity contribution in [1.29, 1.82) is 0 Å². The molecule has 0 radical (unpaired) electrons. The molecule has 1 aliphatic rings. The molecule has 1 saturated heterocycles. The standard InChI is InChI=1S/C21H22N4O2S.ClH/c1-14-23-20(27-24-14)13-28-17-9-7-16(8-10-17)21(26)25-11-18(19(22)12-25)15-5-3-2-4-6-15;/h2-10,18-19H,11-13,22H2,1H3;1H/t18-,19+;/m0./s1. The van der Waals surface area contributed by atoms with Crippen LogP contribution in [0.1, 0.15) is 33.6 Å². The van der Waals surface area contributed by atoms with E-state index in [0.717, 1.165) is 4.90 Å². The molecule has 0 spiro atoms.